The summed E-state index contributed by atoms with van der Waals surface area (Å²) in [5.74, 6) is -1.98. The Labute approximate surface area is 162 Å². The molecular weight excluding hydrogens is 411 g/mol. The Morgan fingerprint density at radius 3 is 1.79 bits per heavy atom. The molecule has 10 heteroatoms. The van der Waals surface area contributed by atoms with E-state index in [-0.39, 0.29) is 16.2 Å². The SMILES string of the molecule is O=C1c2cccc3cccc(c23)C(=O)N1OS(=O)(=O)c1ccc(C(F)(F)F)cc1. The number of carbonyl (C=O) groups is 2. The Morgan fingerprint density at radius 2 is 1.31 bits per heavy atom. The summed E-state index contributed by atoms with van der Waals surface area (Å²) in [4.78, 5) is 24.7. The molecule has 3 aromatic rings. The van der Waals surface area contributed by atoms with Gasteiger partial charge in [-0.2, -0.15) is 21.6 Å². The van der Waals surface area contributed by atoms with E-state index in [2.05, 4.69) is 0 Å². The molecule has 0 aromatic heterocycles. The van der Waals surface area contributed by atoms with E-state index < -0.39 is 38.6 Å². The Morgan fingerprint density at radius 1 is 0.793 bits per heavy atom. The normalized spacial score (nSPS) is 14.5. The molecule has 3 aromatic carbocycles. The molecule has 148 valence electrons. The van der Waals surface area contributed by atoms with Gasteiger partial charge in [-0.15, -0.1) is 9.35 Å². The molecule has 0 saturated heterocycles. The molecule has 6 nitrogen and oxygen atoms in total. The minimum Gasteiger partial charge on any atom is -0.266 e. The molecule has 29 heavy (non-hydrogen) atoms. The lowest BCUT2D eigenvalue weighted by atomic mass is 9.95. The van der Waals surface area contributed by atoms with E-state index in [1.54, 1.807) is 24.3 Å². The highest BCUT2D eigenvalue weighted by Gasteiger charge is 2.38. The van der Waals surface area contributed by atoms with Crippen molar-refractivity contribution in [2.24, 2.45) is 0 Å². The van der Waals surface area contributed by atoms with Crippen LogP contribution in [0.1, 0.15) is 26.3 Å². The molecule has 0 bridgehead atoms. The summed E-state index contributed by atoms with van der Waals surface area (Å²) >= 11 is 0. The van der Waals surface area contributed by atoms with Gasteiger partial charge in [-0.05, 0) is 41.8 Å². The number of hydrogen-bond acceptors (Lipinski definition) is 5. The van der Waals surface area contributed by atoms with Gasteiger partial charge in [-0.1, -0.05) is 24.3 Å². The van der Waals surface area contributed by atoms with E-state index in [0.717, 1.165) is 0 Å². The first-order chi connectivity index (χ1) is 13.6. The molecular formula is C19H10F3NO5S. The van der Waals surface area contributed by atoms with Crippen molar-refractivity contribution in [1.82, 2.24) is 5.06 Å². The maximum atomic E-state index is 12.7. The summed E-state index contributed by atoms with van der Waals surface area (Å²) in [6.45, 7) is 0. The Bertz CT molecular complexity index is 1220. The van der Waals surface area contributed by atoms with Crippen molar-refractivity contribution in [2.75, 3.05) is 0 Å². The number of nitrogens with zero attached hydrogens (tertiary/aromatic N) is 1. The van der Waals surface area contributed by atoms with Crippen LogP contribution in [0.15, 0.2) is 65.6 Å². The molecule has 0 unspecified atom stereocenters. The molecule has 1 aliphatic heterocycles. The van der Waals surface area contributed by atoms with E-state index in [9.17, 15) is 31.2 Å². The molecule has 0 radical (unpaired) electrons. The fourth-order valence-corrected chi connectivity index (χ4v) is 3.92. The fraction of sp³-hybridized carbons (Fsp3) is 0.0526. The third-order valence-corrected chi connectivity index (χ3v) is 5.57. The average Bonchev–Trinajstić information content (AvgIpc) is 2.68. The van der Waals surface area contributed by atoms with Gasteiger partial charge in [0.2, 0.25) is 0 Å². The molecule has 0 spiro atoms. The fourth-order valence-electron chi connectivity index (χ4n) is 3.03. The second-order valence-electron chi connectivity index (χ2n) is 6.16. The van der Waals surface area contributed by atoms with Crippen molar-refractivity contribution in [3.63, 3.8) is 0 Å². The van der Waals surface area contributed by atoms with E-state index in [1.807, 2.05) is 0 Å². The van der Waals surface area contributed by atoms with Gasteiger partial charge in [0.05, 0.1) is 21.6 Å². The molecule has 0 aliphatic carbocycles. The lowest BCUT2D eigenvalue weighted by Crippen LogP contribution is -2.41. The predicted octanol–water partition coefficient (Wildman–Crippen LogP) is 3.78. The van der Waals surface area contributed by atoms with E-state index in [0.29, 0.717) is 35.0 Å². The summed E-state index contributed by atoms with van der Waals surface area (Å²) in [7, 11) is -4.74. The van der Waals surface area contributed by atoms with Crippen LogP contribution in [0.2, 0.25) is 0 Å². The van der Waals surface area contributed by atoms with Crippen molar-refractivity contribution < 1.29 is 35.5 Å². The summed E-state index contributed by atoms with van der Waals surface area (Å²) in [5.41, 5.74) is -0.914. The quantitative estimate of drug-likeness (QED) is 0.602. The lowest BCUT2D eigenvalue weighted by Gasteiger charge is -2.25. The van der Waals surface area contributed by atoms with Gasteiger partial charge in [0.25, 0.3) is 11.8 Å². The van der Waals surface area contributed by atoms with Gasteiger partial charge in [-0.25, -0.2) is 0 Å². The van der Waals surface area contributed by atoms with Gasteiger partial charge in [0, 0.05) is 5.39 Å². The number of benzene rings is 3. The van der Waals surface area contributed by atoms with E-state index >= 15 is 0 Å². The van der Waals surface area contributed by atoms with Crippen molar-refractivity contribution >= 4 is 32.7 Å². The molecule has 1 heterocycles. The largest absolute Gasteiger partial charge is 0.416 e. The highest BCUT2D eigenvalue weighted by Crippen LogP contribution is 2.32. The van der Waals surface area contributed by atoms with Gasteiger partial charge >= 0.3 is 16.3 Å². The highest BCUT2D eigenvalue weighted by molar-refractivity contribution is 7.86. The first kappa shape index (κ1) is 19.1. The number of alkyl halides is 3. The first-order valence-electron chi connectivity index (χ1n) is 8.12. The number of imide groups is 1. The number of amides is 2. The topological polar surface area (TPSA) is 80.8 Å². The number of halogens is 3. The minimum absolute atomic E-state index is 0.0697. The van der Waals surface area contributed by atoms with Crippen molar-refractivity contribution in [1.29, 1.82) is 0 Å². The van der Waals surface area contributed by atoms with E-state index in [4.69, 9.17) is 4.28 Å². The number of carbonyl (C=O) groups excluding carboxylic acids is 2. The molecule has 2 amide bonds. The van der Waals surface area contributed by atoms with Crippen LogP contribution in [0.25, 0.3) is 10.8 Å². The smallest absolute Gasteiger partial charge is 0.266 e. The number of hydrogen-bond donors (Lipinski definition) is 0. The second-order valence-corrected chi connectivity index (χ2v) is 7.69. The van der Waals surface area contributed by atoms with Crippen molar-refractivity contribution in [2.45, 2.75) is 11.1 Å². The van der Waals surface area contributed by atoms with Crippen LogP contribution in [0, 0.1) is 0 Å². The predicted molar refractivity (Wildman–Crippen MR) is 94.2 cm³/mol. The molecule has 0 fully saturated rings. The van der Waals surface area contributed by atoms with Crippen LogP contribution in [0.3, 0.4) is 0 Å². The zero-order valence-electron chi connectivity index (χ0n) is 14.3. The monoisotopic (exact) mass is 421 g/mol. The maximum Gasteiger partial charge on any atom is 0.416 e. The number of hydroxylamine groups is 2. The maximum absolute atomic E-state index is 12.7. The molecule has 0 atom stereocenters. The first-order valence-corrected chi connectivity index (χ1v) is 9.53. The highest BCUT2D eigenvalue weighted by atomic mass is 32.2. The third-order valence-electron chi connectivity index (χ3n) is 4.38. The summed E-state index contributed by atoms with van der Waals surface area (Å²) in [6.07, 6.45) is -4.65. The van der Waals surface area contributed by atoms with Gasteiger partial charge < -0.3 is 0 Å². The van der Waals surface area contributed by atoms with Crippen LogP contribution >= 0.6 is 0 Å². The van der Waals surface area contributed by atoms with Crippen LogP contribution in [0.5, 0.6) is 0 Å². The standard InChI is InChI=1S/C19H10F3NO5S/c20-19(21,22)12-7-9-13(10-8-12)29(26,27)28-23-17(24)14-5-1-3-11-4-2-6-15(16(11)14)18(23)25/h1-10H. The Kier molecular flexibility index (Phi) is 4.21. The average molecular weight is 421 g/mol. The molecule has 0 saturated carbocycles. The second kappa shape index (κ2) is 6.39. The van der Waals surface area contributed by atoms with Crippen LogP contribution in [-0.2, 0) is 20.6 Å². The summed E-state index contributed by atoms with van der Waals surface area (Å²) in [5, 5.41) is 1.09. The van der Waals surface area contributed by atoms with Crippen molar-refractivity contribution in [3.8, 4) is 0 Å². The van der Waals surface area contributed by atoms with Gasteiger partial charge in [0.1, 0.15) is 0 Å². The minimum atomic E-state index is -4.74. The molecule has 0 N–H and O–H groups in total. The summed E-state index contributed by atoms with van der Waals surface area (Å²) < 4.78 is 67.6. The zero-order chi connectivity index (χ0) is 21.0. The lowest BCUT2D eigenvalue weighted by molar-refractivity contribution is -0.137. The van der Waals surface area contributed by atoms with Gasteiger partial charge in [0.15, 0.2) is 0 Å². The zero-order valence-corrected chi connectivity index (χ0v) is 15.1. The van der Waals surface area contributed by atoms with E-state index in [1.165, 1.54) is 12.1 Å². The number of rotatable bonds is 3. The molecule has 4 rings (SSSR count). The molecule has 1 aliphatic rings. The van der Waals surface area contributed by atoms with Crippen LogP contribution < -0.4 is 0 Å². The van der Waals surface area contributed by atoms with Gasteiger partial charge in [-0.3, -0.25) is 9.59 Å². The van der Waals surface area contributed by atoms with Crippen LogP contribution in [-0.4, -0.2) is 25.3 Å². The summed E-state index contributed by atoms with van der Waals surface area (Å²) in [6, 6.07) is 11.9. The third kappa shape index (κ3) is 3.15. The van der Waals surface area contributed by atoms with Crippen LogP contribution in [0.4, 0.5) is 13.2 Å². The van der Waals surface area contributed by atoms with Crippen molar-refractivity contribution in [3.05, 3.63) is 77.4 Å². The Balaban J connectivity index is 1.71. The Hall–Kier alpha value is -3.24.